The van der Waals surface area contributed by atoms with Crippen LogP contribution in [-0.4, -0.2) is 61.0 Å². The third kappa shape index (κ3) is 2.95. The Morgan fingerprint density at radius 3 is 2.69 bits per heavy atom. The van der Waals surface area contributed by atoms with Crippen molar-refractivity contribution in [3.8, 4) is 0 Å². The zero-order valence-corrected chi connectivity index (χ0v) is 10.2. The molecule has 0 bridgehead atoms. The van der Waals surface area contributed by atoms with Crippen LogP contribution < -0.4 is 5.32 Å². The lowest BCUT2D eigenvalue weighted by molar-refractivity contribution is -0.134. The Morgan fingerprint density at radius 1 is 1.25 bits per heavy atom. The van der Waals surface area contributed by atoms with Gasteiger partial charge >= 0.3 is 0 Å². The Labute approximate surface area is 98.0 Å². The van der Waals surface area contributed by atoms with Crippen LogP contribution in [0.5, 0.6) is 0 Å². The Bertz CT molecular complexity index is 238. The van der Waals surface area contributed by atoms with Crippen molar-refractivity contribution in [1.29, 1.82) is 0 Å². The summed E-state index contributed by atoms with van der Waals surface area (Å²) < 4.78 is 0. The molecule has 0 radical (unpaired) electrons. The Hall–Kier alpha value is -0.610. The minimum Gasteiger partial charge on any atom is -0.342 e. The van der Waals surface area contributed by atoms with Crippen LogP contribution in [-0.2, 0) is 4.79 Å². The van der Waals surface area contributed by atoms with Crippen LogP contribution in [0.1, 0.15) is 26.2 Å². The second kappa shape index (κ2) is 5.64. The number of likely N-dealkylation sites (tertiary alicyclic amines) is 1. The molecule has 2 aliphatic heterocycles. The standard InChI is InChI=1S/C12H23N3O/c1-11-9-13-5-8-15(11)10-12(16)14-6-3-2-4-7-14/h11,13H,2-10H2,1H3. The predicted octanol–water partition coefficient (Wildman–Crippen LogP) is 0.293. The lowest BCUT2D eigenvalue weighted by atomic mass is 10.1. The molecule has 0 spiro atoms. The number of piperidine rings is 1. The first kappa shape index (κ1) is 11.9. The van der Waals surface area contributed by atoms with Crippen LogP contribution in [0.4, 0.5) is 0 Å². The summed E-state index contributed by atoms with van der Waals surface area (Å²) in [5.74, 6) is 0.327. The molecule has 92 valence electrons. The zero-order valence-electron chi connectivity index (χ0n) is 10.2. The van der Waals surface area contributed by atoms with Crippen LogP contribution in [0.25, 0.3) is 0 Å². The lowest BCUT2D eigenvalue weighted by Crippen LogP contribution is -2.53. The van der Waals surface area contributed by atoms with Crippen LogP contribution >= 0.6 is 0 Å². The maximum absolute atomic E-state index is 12.1. The first-order valence-corrected chi connectivity index (χ1v) is 6.50. The molecule has 1 N–H and O–H groups in total. The summed E-state index contributed by atoms with van der Waals surface area (Å²) in [7, 11) is 0. The maximum atomic E-state index is 12.1. The van der Waals surface area contributed by atoms with E-state index in [2.05, 4.69) is 17.1 Å². The van der Waals surface area contributed by atoms with Gasteiger partial charge in [0.1, 0.15) is 0 Å². The zero-order chi connectivity index (χ0) is 11.4. The highest BCUT2D eigenvalue weighted by Gasteiger charge is 2.23. The molecule has 2 heterocycles. The molecule has 1 atom stereocenters. The third-order valence-electron chi connectivity index (χ3n) is 3.69. The molecule has 2 fully saturated rings. The minimum atomic E-state index is 0.327. The number of hydrogen-bond donors (Lipinski definition) is 1. The molecular formula is C12H23N3O. The van der Waals surface area contributed by atoms with E-state index in [0.29, 0.717) is 18.5 Å². The van der Waals surface area contributed by atoms with Crippen LogP contribution in [0, 0.1) is 0 Å². The predicted molar refractivity (Wildman–Crippen MR) is 64.3 cm³/mol. The average molecular weight is 225 g/mol. The van der Waals surface area contributed by atoms with Crippen molar-refractivity contribution in [2.24, 2.45) is 0 Å². The van der Waals surface area contributed by atoms with Crippen molar-refractivity contribution in [3.63, 3.8) is 0 Å². The SMILES string of the molecule is CC1CNCCN1CC(=O)N1CCCCC1. The fraction of sp³-hybridized carbons (Fsp3) is 0.917. The van der Waals surface area contributed by atoms with E-state index in [1.807, 2.05) is 4.90 Å². The van der Waals surface area contributed by atoms with E-state index < -0.39 is 0 Å². The summed E-state index contributed by atoms with van der Waals surface area (Å²) in [5, 5.41) is 3.35. The van der Waals surface area contributed by atoms with Gasteiger partial charge in [-0.1, -0.05) is 0 Å². The van der Waals surface area contributed by atoms with Crippen molar-refractivity contribution in [2.45, 2.75) is 32.2 Å². The van der Waals surface area contributed by atoms with Crippen molar-refractivity contribution in [2.75, 3.05) is 39.3 Å². The summed E-state index contributed by atoms with van der Waals surface area (Å²) in [4.78, 5) is 16.4. The minimum absolute atomic E-state index is 0.327. The highest BCUT2D eigenvalue weighted by atomic mass is 16.2. The van der Waals surface area contributed by atoms with E-state index in [0.717, 1.165) is 32.7 Å². The summed E-state index contributed by atoms with van der Waals surface area (Å²) >= 11 is 0. The quantitative estimate of drug-likeness (QED) is 0.734. The van der Waals surface area contributed by atoms with E-state index in [1.54, 1.807) is 0 Å². The molecule has 1 unspecified atom stereocenters. The van der Waals surface area contributed by atoms with Crippen molar-refractivity contribution < 1.29 is 4.79 Å². The number of nitrogens with one attached hydrogen (secondary N) is 1. The molecule has 16 heavy (non-hydrogen) atoms. The van der Waals surface area contributed by atoms with Gasteiger partial charge < -0.3 is 10.2 Å². The third-order valence-corrected chi connectivity index (χ3v) is 3.69. The summed E-state index contributed by atoms with van der Waals surface area (Å²) in [5.41, 5.74) is 0. The molecule has 2 aliphatic rings. The smallest absolute Gasteiger partial charge is 0.236 e. The summed E-state index contributed by atoms with van der Waals surface area (Å²) in [6.07, 6.45) is 3.65. The van der Waals surface area contributed by atoms with Gasteiger partial charge in [-0.2, -0.15) is 0 Å². The summed E-state index contributed by atoms with van der Waals surface area (Å²) in [6, 6.07) is 0.488. The molecule has 1 amide bonds. The van der Waals surface area contributed by atoms with E-state index in [9.17, 15) is 4.79 Å². The molecular weight excluding hydrogens is 202 g/mol. The van der Waals surface area contributed by atoms with E-state index in [1.165, 1.54) is 19.3 Å². The van der Waals surface area contributed by atoms with E-state index >= 15 is 0 Å². The highest BCUT2D eigenvalue weighted by molar-refractivity contribution is 5.78. The van der Waals surface area contributed by atoms with Gasteiger partial charge in [0.25, 0.3) is 0 Å². The molecule has 0 aromatic heterocycles. The number of nitrogens with zero attached hydrogens (tertiary/aromatic N) is 2. The Kier molecular flexibility index (Phi) is 4.18. The summed E-state index contributed by atoms with van der Waals surface area (Å²) in [6.45, 7) is 7.77. The van der Waals surface area contributed by atoms with Gasteiger partial charge in [0.2, 0.25) is 5.91 Å². The number of rotatable bonds is 2. The van der Waals surface area contributed by atoms with Crippen LogP contribution in [0.3, 0.4) is 0 Å². The highest BCUT2D eigenvalue weighted by Crippen LogP contribution is 2.10. The normalized spacial score (nSPS) is 28.1. The first-order chi connectivity index (χ1) is 7.77. The Morgan fingerprint density at radius 2 is 2.00 bits per heavy atom. The van der Waals surface area contributed by atoms with Gasteiger partial charge in [-0.25, -0.2) is 0 Å². The van der Waals surface area contributed by atoms with Crippen molar-refractivity contribution in [1.82, 2.24) is 15.1 Å². The molecule has 0 aromatic carbocycles. The number of carbonyl (C=O) groups excluding carboxylic acids is 1. The largest absolute Gasteiger partial charge is 0.342 e. The second-order valence-electron chi connectivity index (χ2n) is 4.97. The fourth-order valence-electron chi connectivity index (χ4n) is 2.54. The molecule has 4 heteroatoms. The topological polar surface area (TPSA) is 35.6 Å². The van der Waals surface area contributed by atoms with Gasteiger partial charge in [-0.3, -0.25) is 9.69 Å². The number of piperazine rings is 1. The van der Waals surface area contributed by atoms with E-state index in [4.69, 9.17) is 0 Å². The first-order valence-electron chi connectivity index (χ1n) is 6.50. The average Bonchev–Trinajstić information content (AvgIpc) is 2.33. The van der Waals surface area contributed by atoms with Gasteiger partial charge in [0, 0.05) is 38.8 Å². The molecule has 0 saturated carbocycles. The molecule has 4 nitrogen and oxygen atoms in total. The van der Waals surface area contributed by atoms with E-state index in [-0.39, 0.29) is 0 Å². The number of carbonyl (C=O) groups is 1. The van der Waals surface area contributed by atoms with Gasteiger partial charge in [-0.05, 0) is 26.2 Å². The van der Waals surface area contributed by atoms with Gasteiger partial charge in [-0.15, -0.1) is 0 Å². The molecule has 2 saturated heterocycles. The van der Waals surface area contributed by atoms with Crippen LogP contribution in [0.2, 0.25) is 0 Å². The lowest BCUT2D eigenvalue weighted by Gasteiger charge is -2.35. The molecule has 2 rings (SSSR count). The van der Waals surface area contributed by atoms with Crippen LogP contribution in [0.15, 0.2) is 0 Å². The maximum Gasteiger partial charge on any atom is 0.236 e. The van der Waals surface area contributed by atoms with Crippen molar-refractivity contribution in [3.05, 3.63) is 0 Å². The van der Waals surface area contributed by atoms with Crippen molar-refractivity contribution >= 4 is 5.91 Å². The fourth-order valence-corrected chi connectivity index (χ4v) is 2.54. The molecule has 0 aliphatic carbocycles. The number of hydrogen-bond acceptors (Lipinski definition) is 3. The second-order valence-corrected chi connectivity index (χ2v) is 4.97. The number of amides is 1. The molecule has 0 aromatic rings. The van der Waals surface area contributed by atoms with Gasteiger partial charge in [0.05, 0.1) is 6.54 Å². The monoisotopic (exact) mass is 225 g/mol. The van der Waals surface area contributed by atoms with Gasteiger partial charge in [0.15, 0.2) is 0 Å². The Balaban J connectivity index is 1.80.